The molecule has 1 aromatic heterocycles. The predicted molar refractivity (Wildman–Crippen MR) is 107 cm³/mol. The van der Waals surface area contributed by atoms with Crippen LogP contribution in [0.3, 0.4) is 0 Å². The average Bonchev–Trinajstić information content (AvgIpc) is 3.21. The molecule has 1 aliphatic carbocycles. The van der Waals surface area contributed by atoms with Crippen LogP contribution in [-0.2, 0) is 17.6 Å². The first-order valence-corrected chi connectivity index (χ1v) is 9.37. The maximum atomic E-state index is 12.5. The molecule has 1 amide bonds. The fraction of sp³-hybridized carbons (Fsp3) is 0.250. The van der Waals surface area contributed by atoms with Gasteiger partial charge in [-0.25, -0.2) is 9.67 Å². The second-order valence-electron chi connectivity index (χ2n) is 6.55. The summed E-state index contributed by atoms with van der Waals surface area (Å²) in [4.78, 5) is 16.5. The number of amides is 1. The van der Waals surface area contributed by atoms with E-state index in [1.807, 2.05) is 12.1 Å². The highest BCUT2D eigenvalue weighted by molar-refractivity contribution is 6.31. The highest BCUT2D eigenvalue weighted by Gasteiger charge is 2.14. The Morgan fingerprint density at radius 1 is 1.15 bits per heavy atom. The van der Waals surface area contributed by atoms with Crippen LogP contribution >= 0.6 is 11.6 Å². The van der Waals surface area contributed by atoms with Gasteiger partial charge in [0.2, 0.25) is 5.91 Å². The van der Waals surface area contributed by atoms with Gasteiger partial charge in [-0.3, -0.25) is 4.79 Å². The molecule has 0 aliphatic heterocycles. The molecule has 27 heavy (non-hydrogen) atoms. The first-order chi connectivity index (χ1) is 13.2. The Labute approximate surface area is 162 Å². The normalized spacial score (nSPS) is 13.1. The van der Waals surface area contributed by atoms with Gasteiger partial charge < -0.3 is 10.6 Å². The highest BCUT2D eigenvalue weighted by Crippen LogP contribution is 2.28. The molecule has 0 saturated heterocycles. The number of nitrogens with one attached hydrogen (secondary N) is 2. The van der Waals surface area contributed by atoms with Crippen molar-refractivity contribution >= 4 is 28.9 Å². The molecule has 0 unspecified atom stereocenters. The lowest BCUT2D eigenvalue weighted by Gasteiger charge is -2.20. The van der Waals surface area contributed by atoms with E-state index >= 15 is 0 Å². The van der Waals surface area contributed by atoms with Crippen LogP contribution in [0.4, 0.5) is 11.4 Å². The monoisotopic (exact) mass is 381 g/mol. The summed E-state index contributed by atoms with van der Waals surface area (Å²) in [6.45, 7) is 0.180. The molecule has 7 heteroatoms. The molecule has 0 radical (unpaired) electrons. The molecule has 0 bridgehead atoms. The van der Waals surface area contributed by atoms with E-state index in [0.717, 1.165) is 18.5 Å². The molecule has 3 aromatic rings. The van der Waals surface area contributed by atoms with Crippen molar-refractivity contribution in [1.29, 1.82) is 0 Å². The highest BCUT2D eigenvalue weighted by atomic mass is 35.5. The van der Waals surface area contributed by atoms with E-state index in [4.69, 9.17) is 11.6 Å². The standard InChI is InChI=1S/C20H20ClN5O/c21-15-8-9-19(26-13-22-12-24-26)18(10-15)25-20(27)11-23-17-7-3-5-14-4-1-2-6-16(14)17/h3,5,7-10,12-13,23H,1-2,4,6,11H2,(H,25,27). The first-order valence-electron chi connectivity index (χ1n) is 9.00. The van der Waals surface area contributed by atoms with Crippen LogP contribution in [0.1, 0.15) is 24.0 Å². The maximum Gasteiger partial charge on any atom is 0.243 e. The summed E-state index contributed by atoms with van der Waals surface area (Å²) >= 11 is 6.10. The molecule has 0 spiro atoms. The molecule has 6 nitrogen and oxygen atoms in total. The van der Waals surface area contributed by atoms with Crippen molar-refractivity contribution in [3.8, 4) is 5.69 Å². The van der Waals surface area contributed by atoms with Gasteiger partial charge in [0.25, 0.3) is 0 Å². The third-order valence-corrected chi connectivity index (χ3v) is 4.97. The number of carbonyl (C=O) groups excluding carboxylic acids is 1. The van der Waals surface area contributed by atoms with Crippen LogP contribution in [0.15, 0.2) is 49.1 Å². The Balaban J connectivity index is 1.47. The number of hydrogen-bond donors (Lipinski definition) is 2. The fourth-order valence-corrected chi connectivity index (χ4v) is 3.63. The van der Waals surface area contributed by atoms with Gasteiger partial charge in [0, 0.05) is 10.7 Å². The SMILES string of the molecule is O=C(CNc1cccc2c1CCCC2)Nc1cc(Cl)ccc1-n1cncn1. The van der Waals surface area contributed by atoms with Crippen molar-refractivity contribution in [2.45, 2.75) is 25.7 Å². The summed E-state index contributed by atoms with van der Waals surface area (Å²) in [5.41, 5.74) is 5.07. The molecule has 4 rings (SSSR count). The third kappa shape index (κ3) is 3.95. The van der Waals surface area contributed by atoms with Gasteiger partial charge in [0.05, 0.1) is 17.9 Å². The van der Waals surface area contributed by atoms with Gasteiger partial charge in [-0.05, 0) is 61.1 Å². The number of anilines is 2. The van der Waals surface area contributed by atoms with Gasteiger partial charge in [-0.2, -0.15) is 5.10 Å². The Morgan fingerprint density at radius 3 is 2.89 bits per heavy atom. The van der Waals surface area contributed by atoms with Crippen molar-refractivity contribution in [3.05, 3.63) is 65.2 Å². The second-order valence-corrected chi connectivity index (χ2v) is 6.99. The van der Waals surface area contributed by atoms with Crippen molar-refractivity contribution < 1.29 is 4.79 Å². The first kappa shape index (κ1) is 17.5. The van der Waals surface area contributed by atoms with E-state index in [1.54, 1.807) is 29.2 Å². The zero-order valence-corrected chi connectivity index (χ0v) is 15.5. The number of aromatic nitrogens is 3. The fourth-order valence-electron chi connectivity index (χ4n) is 3.46. The van der Waals surface area contributed by atoms with Crippen molar-refractivity contribution in [3.63, 3.8) is 0 Å². The molecule has 2 N–H and O–H groups in total. The molecule has 0 saturated carbocycles. The zero-order chi connectivity index (χ0) is 18.6. The number of benzene rings is 2. The molecular weight excluding hydrogens is 362 g/mol. The van der Waals surface area contributed by atoms with E-state index in [0.29, 0.717) is 16.4 Å². The minimum atomic E-state index is -0.146. The number of aryl methyl sites for hydroxylation is 1. The summed E-state index contributed by atoms with van der Waals surface area (Å²) in [5.74, 6) is -0.146. The summed E-state index contributed by atoms with van der Waals surface area (Å²) < 4.78 is 1.59. The van der Waals surface area contributed by atoms with Crippen LogP contribution in [0, 0.1) is 0 Å². The van der Waals surface area contributed by atoms with Crippen molar-refractivity contribution in [2.75, 3.05) is 17.2 Å². The second kappa shape index (κ2) is 7.80. The summed E-state index contributed by atoms with van der Waals surface area (Å²) in [6.07, 6.45) is 7.62. The lowest BCUT2D eigenvalue weighted by molar-refractivity contribution is -0.114. The van der Waals surface area contributed by atoms with Gasteiger partial charge >= 0.3 is 0 Å². The quantitative estimate of drug-likeness (QED) is 0.704. The number of fused-ring (bicyclic) bond motifs is 1. The topological polar surface area (TPSA) is 71.8 Å². The third-order valence-electron chi connectivity index (χ3n) is 4.73. The van der Waals surface area contributed by atoms with Crippen LogP contribution in [-0.4, -0.2) is 27.2 Å². The van der Waals surface area contributed by atoms with Crippen molar-refractivity contribution in [1.82, 2.24) is 14.8 Å². The molecule has 138 valence electrons. The summed E-state index contributed by atoms with van der Waals surface area (Å²) in [6, 6.07) is 11.5. The molecular formula is C20H20ClN5O. The van der Waals surface area contributed by atoms with Crippen molar-refractivity contribution in [2.24, 2.45) is 0 Å². The van der Waals surface area contributed by atoms with E-state index < -0.39 is 0 Å². The van der Waals surface area contributed by atoms with E-state index in [-0.39, 0.29) is 12.5 Å². The molecule has 1 heterocycles. The van der Waals surface area contributed by atoms with Gasteiger partial charge in [-0.15, -0.1) is 0 Å². The minimum Gasteiger partial charge on any atom is -0.376 e. The average molecular weight is 382 g/mol. The van der Waals surface area contributed by atoms with Crippen LogP contribution in [0.25, 0.3) is 5.69 Å². The smallest absolute Gasteiger partial charge is 0.243 e. The van der Waals surface area contributed by atoms with Gasteiger partial charge in [0.1, 0.15) is 12.7 Å². The maximum absolute atomic E-state index is 12.5. The number of hydrogen-bond acceptors (Lipinski definition) is 4. The number of nitrogens with zero attached hydrogens (tertiary/aromatic N) is 3. The molecule has 2 aromatic carbocycles. The van der Waals surface area contributed by atoms with Crippen LogP contribution in [0.2, 0.25) is 5.02 Å². The molecule has 0 atom stereocenters. The number of halogens is 1. The summed E-state index contributed by atoms with van der Waals surface area (Å²) in [7, 11) is 0. The summed E-state index contributed by atoms with van der Waals surface area (Å²) in [5, 5.41) is 10.9. The lowest BCUT2D eigenvalue weighted by Crippen LogP contribution is -2.23. The molecule has 0 fully saturated rings. The Kier molecular flexibility index (Phi) is 5.07. The predicted octanol–water partition coefficient (Wildman–Crippen LogP) is 3.85. The zero-order valence-electron chi connectivity index (χ0n) is 14.8. The van der Waals surface area contributed by atoms with E-state index in [2.05, 4.69) is 26.8 Å². The van der Waals surface area contributed by atoms with Gasteiger partial charge in [-0.1, -0.05) is 23.7 Å². The lowest BCUT2D eigenvalue weighted by atomic mass is 9.90. The van der Waals surface area contributed by atoms with Crippen LogP contribution in [0.5, 0.6) is 0 Å². The van der Waals surface area contributed by atoms with Gasteiger partial charge in [0.15, 0.2) is 0 Å². The van der Waals surface area contributed by atoms with Crippen LogP contribution < -0.4 is 10.6 Å². The van der Waals surface area contributed by atoms with E-state index in [9.17, 15) is 4.79 Å². The minimum absolute atomic E-state index is 0.146. The Hall–Kier alpha value is -2.86. The number of rotatable bonds is 5. The van der Waals surface area contributed by atoms with E-state index in [1.165, 1.54) is 30.3 Å². The number of carbonyl (C=O) groups is 1. The Morgan fingerprint density at radius 2 is 2.04 bits per heavy atom. The Bertz CT molecular complexity index is 955. The molecule has 1 aliphatic rings. The largest absolute Gasteiger partial charge is 0.376 e.